The fourth-order valence-corrected chi connectivity index (χ4v) is 7.96. The first kappa shape index (κ1) is 28.4. The minimum Gasteiger partial charge on any atom is -0.223 e. The van der Waals surface area contributed by atoms with Gasteiger partial charge in [-0.3, -0.25) is 0 Å². The molecule has 42 heavy (non-hydrogen) atoms. The van der Waals surface area contributed by atoms with Crippen LogP contribution >= 0.6 is 0 Å². The summed E-state index contributed by atoms with van der Waals surface area (Å²) in [6, 6.07) is 33.8. The molecule has 6 rings (SSSR count). The summed E-state index contributed by atoms with van der Waals surface area (Å²) < 4.78 is 7.87. The Morgan fingerprint density at radius 3 is 2.14 bits per heavy atom. The summed E-state index contributed by atoms with van der Waals surface area (Å²) >= 11 is 0. The van der Waals surface area contributed by atoms with Crippen molar-refractivity contribution in [1.29, 1.82) is 0 Å². The Morgan fingerprint density at radius 1 is 0.762 bits per heavy atom. The number of rotatable bonds is 7. The monoisotopic (exact) mass is 557 g/mol. The Hall–Kier alpha value is -3.72. The Labute approximate surface area is 252 Å². The van der Waals surface area contributed by atoms with E-state index in [1.807, 2.05) is 0 Å². The van der Waals surface area contributed by atoms with E-state index in [0.717, 1.165) is 32.4 Å². The zero-order valence-electron chi connectivity index (χ0n) is 26.6. The molecule has 3 nitrogen and oxygen atoms in total. The van der Waals surface area contributed by atoms with Crippen molar-refractivity contribution < 1.29 is 9.13 Å². The molecule has 0 saturated carbocycles. The maximum absolute atomic E-state index is 2.64. The van der Waals surface area contributed by atoms with Gasteiger partial charge in [-0.2, -0.15) is 4.57 Å². The summed E-state index contributed by atoms with van der Waals surface area (Å²) in [4.78, 5) is 0. The maximum Gasteiger partial charge on any atom is 0.290 e. The van der Waals surface area contributed by atoms with Crippen molar-refractivity contribution >= 4 is 11.0 Å². The molecule has 2 atom stereocenters. The second-order valence-electron chi connectivity index (χ2n) is 13.7. The van der Waals surface area contributed by atoms with E-state index in [1.165, 1.54) is 44.8 Å². The molecule has 1 aliphatic rings. The van der Waals surface area contributed by atoms with E-state index in [1.54, 1.807) is 0 Å². The van der Waals surface area contributed by atoms with Crippen LogP contribution in [0.3, 0.4) is 0 Å². The molecule has 1 aliphatic heterocycles. The van der Waals surface area contributed by atoms with Gasteiger partial charge < -0.3 is 0 Å². The lowest BCUT2D eigenvalue weighted by atomic mass is 9.58. The number of benzene rings is 3. The third-order valence-electron chi connectivity index (χ3n) is 10.2. The molecule has 0 radical (unpaired) electrons. The van der Waals surface area contributed by atoms with Gasteiger partial charge in [0, 0.05) is 18.6 Å². The first-order chi connectivity index (χ1) is 20.1. The Kier molecular flexibility index (Phi) is 7.12. The van der Waals surface area contributed by atoms with Crippen LogP contribution in [-0.2, 0) is 24.0 Å². The summed E-state index contributed by atoms with van der Waals surface area (Å²) in [6.45, 7) is 18.5. The predicted molar refractivity (Wildman–Crippen MR) is 174 cm³/mol. The second-order valence-corrected chi connectivity index (χ2v) is 13.7. The number of aromatic nitrogens is 3. The lowest BCUT2D eigenvalue weighted by Crippen LogP contribution is -2.69. The molecular formula is C39H47N3+2. The van der Waals surface area contributed by atoms with Gasteiger partial charge in [0.2, 0.25) is 5.69 Å². The fraction of sp³-hybridized carbons (Fsp3) is 0.385. The number of nitrogens with zero attached hydrogens (tertiary/aromatic N) is 3. The van der Waals surface area contributed by atoms with Crippen molar-refractivity contribution in [1.82, 2.24) is 4.57 Å². The molecule has 0 N–H and O–H groups in total. The van der Waals surface area contributed by atoms with Crippen molar-refractivity contribution in [3.63, 3.8) is 0 Å². The minimum absolute atomic E-state index is 0.00940. The lowest BCUT2D eigenvalue weighted by molar-refractivity contribution is -0.770. The van der Waals surface area contributed by atoms with Crippen LogP contribution < -0.4 is 9.13 Å². The van der Waals surface area contributed by atoms with Crippen molar-refractivity contribution in [3.05, 3.63) is 108 Å². The molecule has 5 aromatic rings. The van der Waals surface area contributed by atoms with Crippen LogP contribution in [0.5, 0.6) is 0 Å². The SMILES string of the molecule is CCC1(C)c2ccccc2-c2cccc[n+]2C1(CC)CCn1c(-c2ccccc2C)[n+](CC(C)(C)C)c2ccccc21. The number of imidazole rings is 1. The highest BCUT2D eigenvalue weighted by molar-refractivity contribution is 5.77. The van der Waals surface area contributed by atoms with E-state index < -0.39 is 0 Å². The lowest BCUT2D eigenvalue weighted by Gasteiger charge is -2.47. The van der Waals surface area contributed by atoms with Gasteiger partial charge in [0.15, 0.2) is 22.8 Å². The molecular weight excluding hydrogens is 510 g/mol. The number of hydrogen-bond donors (Lipinski definition) is 0. The van der Waals surface area contributed by atoms with Crippen molar-refractivity contribution in [2.24, 2.45) is 5.41 Å². The van der Waals surface area contributed by atoms with E-state index >= 15 is 0 Å². The molecule has 0 amide bonds. The van der Waals surface area contributed by atoms with Crippen LogP contribution in [0.25, 0.3) is 33.7 Å². The summed E-state index contributed by atoms with van der Waals surface area (Å²) in [5, 5.41) is 0. The summed E-state index contributed by atoms with van der Waals surface area (Å²) in [5.74, 6) is 1.32. The molecule has 0 bridgehead atoms. The molecule has 2 aromatic heterocycles. The van der Waals surface area contributed by atoms with Gasteiger partial charge in [-0.05, 0) is 67.1 Å². The van der Waals surface area contributed by atoms with Gasteiger partial charge in [0.25, 0.3) is 5.82 Å². The van der Waals surface area contributed by atoms with Crippen LogP contribution in [0.4, 0.5) is 0 Å². The minimum atomic E-state index is -0.0735. The van der Waals surface area contributed by atoms with E-state index in [2.05, 4.69) is 159 Å². The van der Waals surface area contributed by atoms with E-state index in [-0.39, 0.29) is 16.4 Å². The summed E-state index contributed by atoms with van der Waals surface area (Å²) in [6.07, 6.45) is 5.53. The van der Waals surface area contributed by atoms with Gasteiger partial charge in [-0.25, -0.2) is 9.13 Å². The predicted octanol–water partition coefficient (Wildman–Crippen LogP) is 8.78. The van der Waals surface area contributed by atoms with E-state index in [9.17, 15) is 0 Å². The molecule has 0 fully saturated rings. The Bertz CT molecular complexity index is 1750. The summed E-state index contributed by atoms with van der Waals surface area (Å²) in [5.41, 5.74) is 9.53. The van der Waals surface area contributed by atoms with Gasteiger partial charge in [-0.1, -0.05) is 83.1 Å². The van der Waals surface area contributed by atoms with Gasteiger partial charge >= 0.3 is 0 Å². The smallest absolute Gasteiger partial charge is 0.223 e. The number of pyridine rings is 1. The highest BCUT2D eigenvalue weighted by Crippen LogP contribution is 2.51. The molecule has 3 aromatic carbocycles. The average molecular weight is 558 g/mol. The number of hydrogen-bond acceptors (Lipinski definition) is 0. The third kappa shape index (κ3) is 4.32. The first-order valence-corrected chi connectivity index (χ1v) is 15.8. The van der Waals surface area contributed by atoms with Crippen molar-refractivity contribution in [2.45, 2.75) is 91.8 Å². The summed E-state index contributed by atoms with van der Waals surface area (Å²) in [7, 11) is 0. The van der Waals surface area contributed by atoms with Crippen LogP contribution in [0.15, 0.2) is 97.2 Å². The first-order valence-electron chi connectivity index (χ1n) is 15.8. The standard InChI is InChI=1S/C39H47N3/c1-8-38(7)32-21-13-12-20-31(32)33-22-16-17-26-42(33)39(38,9-2)25-27-40-34-23-14-15-24-35(34)41(28-37(4,5)6)36(40)30-19-11-10-18-29(30)3/h10-24,26H,8-9,25,27-28H2,1-7H3/q+2. The highest BCUT2D eigenvalue weighted by Gasteiger charge is 2.59. The maximum atomic E-state index is 2.64. The fourth-order valence-electron chi connectivity index (χ4n) is 7.96. The Morgan fingerprint density at radius 2 is 1.43 bits per heavy atom. The quantitative estimate of drug-likeness (QED) is 0.177. The van der Waals surface area contributed by atoms with Crippen LogP contribution in [0, 0.1) is 12.3 Å². The van der Waals surface area contributed by atoms with Gasteiger partial charge in [-0.15, -0.1) is 0 Å². The van der Waals surface area contributed by atoms with E-state index in [0.29, 0.717) is 0 Å². The van der Waals surface area contributed by atoms with Crippen LogP contribution in [0.2, 0.25) is 0 Å². The topological polar surface area (TPSA) is 12.7 Å². The van der Waals surface area contributed by atoms with Crippen LogP contribution in [0.1, 0.15) is 71.9 Å². The van der Waals surface area contributed by atoms with Crippen LogP contribution in [-0.4, -0.2) is 4.57 Å². The zero-order valence-corrected chi connectivity index (χ0v) is 26.6. The normalized spacial score (nSPS) is 20.0. The molecule has 0 aliphatic carbocycles. The number of aryl methyl sites for hydroxylation is 2. The highest BCUT2D eigenvalue weighted by atomic mass is 15.2. The van der Waals surface area contributed by atoms with Gasteiger partial charge in [0.05, 0.1) is 36.1 Å². The molecule has 0 saturated heterocycles. The largest absolute Gasteiger partial charge is 0.290 e. The molecule has 0 spiro atoms. The zero-order chi connectivity index (χ0) is 29.7. The Balaban J connectivity index is 1.58. The van der Waals surface area contributed by atoms with E-state index in [4.69, 9.17) is 0 Å². The van der Waals surface area contributed by atoms with Crippen molar-refractivity contribution in [2.75, 3.05) is 0 Å². The van der Waals surface area contributed by atoms with Crippen molar-refractivity contribution in [3.8, 4) is 22.6 Å². The molecule has 3 heterocycles. The third-order valence-corrected chi connectivity index (χ3v) is 10.2. The second kappa shape index (κ2) is 10.5. The van der Waals surface area contributed by atoms with Gasteiger partial charge in [0.1, 0.15) is 0 Å². The number of fused-ring (bicyclic) bond motifs is 4. The number of para-hydroxylation sites is 2. The molecule has 216 valence electrons. The molecule has 3 heteroatoms. The average Bonchev–Trinajstić information content (AvgIpc) is 3.29. The molecule has 2 unspecified atom stereocenters.